The number of aromatic nitrogens is 2. The van der Waals surface area contributed by atoms with E-state index in [1.807, 2.05) is 6.21 Å². The molecule has 0 saturated heterocycles. The minimum absolute atomic E-state index is 0.917. The second-order valence-corrected chi connectivity index (χ2v) is 10.4. The van der Waals surface area contributed by atoms with Gasteiger partial charge in [-0.05, 0) is 64.9 Å². The molecule has 1 aliphatic heterocycles. The summed E-state index contributed by atoms with van der Waals surface area (Å²) in [7, 11) is 0. The standard InChI is InChI=1S/C36H23N3/c1-2-8-24(9-3-1)38-31-12-6-4-10-28(31)35-26-17-19-34-36(27(26)16-18-33(35)38)29-11-5-7-13-32(29)39(34)25-15-14-23-20-21-37-30(23)22-25/h1-19,21-22H,20H2. The summed E-state index contributed by atoms with van der Waals surface area (Å²) in [5.41, 5.74) is 9.60. The van der Waals surface area contributed by atoms with E-state index in [4.69, 9.17) is 0 Å². The van der Waals surface area contributed by atoms with Gasteiger partial charge in [-0.1, -0.05) is 72.8 Å². The van der Waals surface area contributed by atoms with Gasteiger partial charge in [-0.25, -0.2) is 0 Å². The van der Waals surface area contributed by atoms with E-state index in [-0.39, 0.29) is 0 Å². The minimum Gasteiger partial charge on any atom is -0.309 e. The lowest BCUT2D eigenvalue weighted by molar-refractivity contribution is 1.17. The van der Waals surface area contributed by atoms with Crippen molar-refractivity contribution in [3.05, 3.63) is 127 Å². The maximum atomic E-state index is 4.63. The molecular formula is C36H23N3. The molecule has 6 aromatic carbocycles. The molecule has 0 radical (unpaired) electrons. The highest BCUT2D eigenvalue weighted by atomic mass is 15.0. The third kappa shape index (κ3) is 2.79. The van der Waals surface area contributed by atoms with Gasteiger partial charge in [-0.2, -0.15) is 0 Å². The van der Waals surface area contributed by atoms with E-state index < -0.39 is 0 Å². The molecule has 0 fully saturated rings. The summed E-state index contributed by atoms with van der Waals surface area (Å²) in [5.74, 6) is 0. The second-order valence-electron chi connectivity index (χ2n) is 10.4. The summed E-state index contributed by atoms with van der Waals surface area (Å²) in [6.45, 7) is 0. The molecular weight excluding hydrogens is 474 g/mol. The molecule has 2 aromatic heterocycles. The number of hydrogen-bond acceptors (Lipinski definition) is 1. The zero-order chi connectivity index (χ0) is 25.5. The molecule has 0 amide bonds. The molecule has 0 spiro atoms. The van der Waals surface area contributed by atoms with Gasteiger partial charge < -0.3 is 9.13 Å². The van der Waals surface area contributed by atoms with Gasteiger partial charge in [-0.15, -0.1) is 0 Å². The quantitative estimate of drug-likeness (QED) is 0.227. The van der Waals surface area contributed by atoms with Crippen LogP contribution in [-0.2, 0) is 6.42 Å². The van der Waals surface area contributed by atoms with Gasteiger partial charge >= 0.3 is 0 Å². The zero-order valence-corrected chi connectivity index (χ0v) is 21.2. The Morgan fingerprint density at radius 1 is 0.462 bits per heavy atom. The number of nitrogens with zero attached hydrogens (tertiary/aromatic N) is 3. The number of fused-ring (bicyclic) bond motifs is 10. The van der Waals surface area contributed by atoms with Crippen molar-refractivity contribution in [1.82, 2.24) is 9.13 Å². The van der Waals surface area contributed by atoms with Crippen molar-refractivity contribution in [1.29, 1.82) is 0 Å². The molecule has 8 aromatic rings. The monoisotopic (exact) mass is 497 g/mol. The Hall–Kier alpha value is -5.15. The number of para-hydroxylation sites is 3. The summed E-state index contributed by atoms with van der Waals surface area (Å²) in [6, 6.07) is 44.2. The van der Waals surface area contributed by atoms with E-state index in [1.165, 1.54) is 65.6 Å². The molecule has 3 heteroatoms. The van der Waals surface area contributed by atoms with Gasteiger partial charge in [-0.3, -0.25) is 4.99 Å². The van der Waals surface area contributed by atoms with Crippen LogP contribution in [0.2, 0.25) is 0 Å². The van der Waals surface area contributed by atoms with Crippen molar-refractivity contribution in [3.8, 4) is 11.4 Å². The lowest BCUT2D eigenvalue weighted by Gasteiger charge is -2.10. The predicted octanol–water partition coefficient (Wildman–Crippen LogP) is 9.29. The summed E-state index contributed by atoms with van der Waals surface area (Å²) in [6.07, 6.45) is 2.92. The Labute approximate surface area is 224 Å². The first kappa shape index (κ1) is 20.9. The molecule has 3 heterocycles. The van der Waals surface area contributed by atoms with Crippen LogP contribution in [0.4, 0.5) is 5.69 Å². The van der Waals surface area contributed by atoms with Gasteiger partial charge in [0.1, 0.15) is 0 Å². The van der Waals surface area contributed by atoms with Crippen LogP contribution in [0.1, 0.15) is 5.56 Å². The smallest absolute Gasteiger partial charge is 0.0682 e. The molecule has 0 aliphatic carbocycles. The number of aliphatic imine (C=N–C) groups is 1. The van der Waals surface area contributed by atoms with Crippen molar-refractivity contribution in [3.63, 3.8) is 0 Å². The fourth-order valence-corrected chi connectivity index (χ4v) is 6.70. The summed E-state index contributed by atoms with van der Waals surface area (Å²) < 4.78 is 4.79. The maximum Gasteiger partial charge on any atom is 0.0682 e. The summed E-state index contributed by atoms with van der Waals surface area (Å²) in [4.78, 5) is 4.63. The molecule has 9 rings (SSSR count). The minimum atomic E-state index is 0.917. The van der Waals surface area contributed by atoms with Gasteiger partial charge in [0.15, 0.2) is 0 Å². The van der Waals surface area contributed by atoms with Crippen LogP contribution >= 0.6 is 0 Å². The molecule has 39 heavy (non-hydrogen) atoms. The molecule has 0 saturated carbocycles. The average Bonchev–Trinajstić information content (AvgIpc) is 3.69. The summed E-state index contributed by atoms with van der Waals surface area (Å²) in [5, 5.41) is 7.72. The molecule has 0 bridgehead atoms. The second kappa shape index (κ2) is 7.68. The van der Waals surface area contributed by atoms with Crippen LogP contribution < -0.4 is 0 Å². The van der Waals surface area contributed by atoms with E-state index in [0.717, 1.165) is 17.8 Å². The average molecular weight is 498 g/mol. The first-order valence-corrected chi connectivity index (χ1v) is 13.5. The topological polar surface area (TPSA) is 22.2 Å². The molecule has 182 valence electrons. The number of hydrogen-bond donors (Lipinski definition) is 0. The van der Waals surface area contributed by atoms with Crippen LogP contribution in [0.25, 0.3) is 65.8 Å². The van der Waals surface area contributed by atoms with Crippen molar-refractivity contribution in [2.45, 2.75) is 6.42 Å². The van der Waals surface area contributed by atoms with E-state index in [1.54, 1.807) is 0 Å². The van der Waals surface area contributed by atoms with Gasteiger partial charge in [0, 0.05) is 45.6 Å². The third-order valence-electron chi connectivity index (χ3n) is 8.35. The Balaban J connectivity index is 1.43. The third-order valence-corrected chi connectivity index (χ3v) is 8.35. The molecule has 1 aliphatic rings. The van der Waals surface area contributed by atoms with Crippen LogP contribution in [0.3, 0.4) is 0 Å². The molecule has 3 nitrogen and oxygen atoms in total. The molecule has 0 unspecified atom stereocenters. The van der Waals surface area contributed by atoms with Crippen LogP contribution in [0.5, 0.6) is 0 Å². The molecule has 0 N–H and O–H groups in total. The number of benzene rings is 6. The van der Waals surface area contributed by atoms with Crippen molar-refractivity contribution in [2.24, 2.45) is 4.99 Å². The fourth-order valence-electron chi connectivity index (χ4n) is 6.70. The van der Waals surface area contributed by atoms with Crippen molar-refractivity contribution < 1.29 is 0 Å². The van der Waals surface area contributed by atoms with Gasteiger partial charge in [0.05, 0.1) is 27.8 Å². The number of rotatable bonds is 2. The van der Waals surface area contributed by atoms with E-state index in [2.05, 4.69) is 135 Å². The van der Waals surface area contributed by atoms with Crippen LogP contribution in [-0.4, -0.2) is 15.3 Å². The highest BCUT2D eigenvalue weighted by molar-refractivity contribution is 6.29. The largest absolute Gasteiger partial charge is 0.309 e. The normalized spacial score (nSPS) is 12.9. The highest BCUT2D eigenvalue weighted by Crippen LogP contribution is 2.42. The lowest BCUT2D eigenvalue weighted by Crippen LogP contribution is -1.94. The van der Waals surface area contributed by atoms with Gasteiger partial charge in [0.2, 0.25) is 0 Å². The Morgan fingerprint density at radius 2 is 1.05 bits per heavy atom. The first-order valence-electron chi connectivity index (χ1n) is 13.5. The maximum absolute atomic E-state index is 4.63. The van der Waals surface area contributed by atoms with E-state index >= 15 is 0 Å². The Morgan fingerprint density at radius 3 is 1.72 bits per heavy atom. The predicted molar refractivity (Wildman–Crippen MR) is 164 cm³/mol. The van der Waals surface area contributed by atoms with Crippen molar-refractivity contribution in [2.75, 3.05) is 0 Å². The van der Waals surface area contributed by atoms with Crippen LogP contribution in [0, 0.1) is 0 Å². The van der Waals surface area contributed by atoms with Crippen molar-refractivity contribution >= 4 is 66.3 Å². The SMILES string of the molecule is C1=Nc2cc(-n3c4ccccc4c4c5ccc6c(c5ccc43)c3ccccc3n6-c3ccccc3)ccc2C1. The Kier molecular flexibility index (Phi) is 4.11. The highest BCUT2D eigenvalue weighted by Gasteiger charge is 2.19. The van der Waals surface area contributed by atoms with Gasteiger partial charge in [0.25, 0.3) is 0 Å². The summed E-state index contributed by atoms with van der Waals surface area (Å²) >= 11 is 0. The lowest BCUT2D eigenvalue weighted by atomic mass is 9.99. The fraction of sp³-hybridized carbons (Fsp3) is 0.0278. The molecule has 0 atom stereocenters. The zero-order valence-electron chi connectivity index (χ0n) is 21.2. The van der Waals surface area contributed by atoms with Crippen LogP contribution in [0.15, 0.2) is 126 Å². The van der Waals surface area contributed by atoms with E-state index in [9.17, 15) is 0 Å². The Bertz CT molecular complexity index is 2300. The van der Waals surface area contributed by atoms with E-state index in [0.29, 0.717) is 0 Å². The first-order chi connectivity index (χ1) is 19.4.